The van der Waals surface area contributed by atoms with Gasteiger partial charge in [-0.1, -0.05) is 13.8 Å². The molecule has 1 heterocycles. The quantitative estimate of drug-likeness (QED) is 0.688. The predicted molar refractivity (Wildman–Crippen MR) is 71.3 cm³/mol. The lowest BCUT2D eigenvalue weighted by molar-refractivity contribution is 0.898. The maximum atomic E-state index is 7.60. The van der Waals surface area contributed by atoms with Gasteiger partial charge in [0.2, 0.25) is 0 Å². The van der Waals surface area contributed by atoms with Gasteiger partial charge in [-0.25, -0.2) is 4.98 Å². The number of nitrogens with two attached hydrogens (primary N) is 1. The van der Waals surface area contributed by atoms with Gasteiger partial charge in [-0.05, 0) is 26.8 Å². The molecule has 0 aliphatic heterocycles. The lowest BCUT2D eigenvalue weighted by Crippen LogP contribution is -2.14. The zero-order chi connectivity index (χ0) is 12.7. The van der Waals surface area contributed by atoms with Gasteiger partial charge < -0.3 is 16.5 Å². The van der Waals surface area contributed by atoms with Crippen LogP contribution in [0, 0.1) is 5.41 Å². The highest BCUT2D eigenvalue weighted by atomic mass is 14.9. The van der Waals surface area contributed by atoms with Crippen molar-refractivity contribution in [2.75, 3.05) is 11.1 Å². The number of hydrogen-bond donors (Lipinski definition) is 3. The van der Waals surface area contributed by atoms with E-state index < -0.39 is 0 Å². The first-order valence-corrected chi connectivity index (χ1v) is 5.59. The minimum atomic E-state index is 0.315. The van der Waals surface area contributed by atoms with Gasteiger partial charge in [-0.2, -0.15) is 0 Å². The average molecular weight is 222 g/mol. The molecular formula is C12H22N4. The van der Waals surface area contributed by atoms with Gasteiger partial charge in [0.25, 0.3) is 0 Å². The Kier molecular flexibility index (Phi) is 6.15. The van der Waals surface area contributed by atoms with Gasteiger partial charge in [0, 0.05) is 23.6 Å². The summed E-state index contributed by atoms with van der Waals surface area (Å²) in [5.41, 5.74) is 7.71. The summed E-state index contributed by atoms with van der Waals surface area (Å²) < 4.78 is 0. The number of hydrogen-bond acceptors (Lipinski definition) is 4. The molecule has 0 unspecified atom stereocenters. The summed E-state index contributed by atoms with van der Waals surface area (Å²) in [4.78, 5) is 3.97. The highest BCUT2D eigenvalue weighted by Crippen LogP contribution is 2.20. The Hall–Kier alpha value is -1.58. The molecule has 16 heavy (non-hydrogen) atoms. The van der Waals surface area contributed by atoms with E-state index in [2.05, 4.69) is 10.3 Å². The minimum absolute atomic E-state index is 0.315. The van der Waals surface area contributed by atoms with Crippen LogP contribution in [0.1, 0.15) is 40.2 Å². The van der Waals surface area contributed by atoms with Crippen molar-refractivity contribution in [3.05, 3.63) is 17.8 Å². The molecule has 0 fully saturated rings. The number of rotatable bonds is 3. The van der Waals surface area contributed by atoms with Crippen LogP contribution in [0.5, 0.6) is 0 Å². The number of nitrogens with zero attached hydrogens (tertiary/aromatic N) is 1. The molecule has 0 saturated heterocycles. The van der Waals surface area contributed by atoms with E-state index in [0.717, 1.165) is 5.69 Å². The third-order valence-electron chi connectivity index (χ3n) is 1.80. The van der Waals surface area contributed by atoms with Crippen molar-refractivity contribution in [1.29, 1.82) is 5.41 Å². The molecule has 0 amide bonds. The Bertz CT molecular complexity index is 345. The molecular weight excluding hydrogens is 200 g/mol. The number of nitrogen functional groups attached to an aromatic ring is 1. The molecule has 1 aromatic rings. The summed E-state index contributed by atoms with van der Waals surface area (Å²) in [7, 11) is 0. The monoisotopic (exact) mass is 222 g/mol. The van der Waals surface area contributed by atoms with Gasteiger partial charge in [0.05, 0.1) is 5.56 Å². The van der Waals surface area contributed by atoms with Crippen molar-refractivity contribution < 1.29 is 0 Å². The standard InChI is InChI=1S/C10H16N4.C2H6/c1-6(2)14-8-4-5-13-10(12)9(8)7(3)11;1-2/h4-6,11H,1-3H3,(H3,12,13,14);1-2H3. The summed E-state index contributed by atoms with van der Waals surface area (Å²) in [6, 6.07) is 2.15. The molecule has 4 heteroatoms. The van der Waals surface area contributed by atoms with Crippen molar-refractivity contribution in [2.24, 2.45) is 0 Å². The van der Waals surface area contributed by atoms with E-state index in [1.807, 2.05) is 33.8 Å². The fourth-order valence-electron chi connectivity index (χ4n) is 1.30. The molecule has 0 aliphatic carbocycles. The second-order valence-corrected chi connectivity index (χ2v) is 3.54. The third-order valence-corrected chi connectivity index (χ3v) is 1.80. The molecule has 1 rings (SSSR count). The largest absolute Gasteiger partial charge is 0.383 e. The van der Waals surface area contributed by atoms with Gasteiger partial charge in [0.1, 0.15) is 5.82 Å². The maximum absolute atomic E-state index is 7.60. The van der Waals surface area contributed by atoms with Crippen LogP contribution in [0.3, 0.4) is 0 Å². The van der Waals surface area contributed by atoms with Crippen LogP contribution in [0.2, 0.25) is 0 Å². The molecule has 0 bridgehead atoms. The first kappa shape index (κ1) is 14.4. The summed E-state index contributed by atoms with van der Waals surface area (Å²) >= 11 is 0. The molecule has 0 spiro atoms. The van der Waals surface area contributed by atoms with E-state index in [1.54, 1.807) is 13.1 Å². The van der Waals surface area contributed by atoms with E-state index >= 15 is 0 Å². The molecule has 0 aromatic carbocycles. The van der Waals surface area contributed by atoms with Crippen LogP contribution in [-0.2, 0) is 0 Å². The van der Waals surface area contributed by atoms with Crippen molar-refractivity contribution in [1.82, 2.24) is 4.98 Å². The average Bonchev–Trinajstić information content (AvgIpc) is 2.19. The van der Waals surface area contributed by atoms with E-state index in [4.69, 9.17) is 11.1 Å². The zero-order valence-electron chi connectivity index (χ0n) is 10.8. The summed E-state index contributed by atoms with van der Waals surface area (Å²) in [6.07, 6.45) is 1.65. The van der Waals surface area contributed by atoms with Crippen molar-refractivity contribution in [2.45, 2.75) is 40.7 Å². The fraction of sp³-hybridized carbons (Fsp3) is 0.500. The van der Waals surface area contributed by atoms with Crippen molar-refractivity contribution >= 4 is 17.2 Å². The van der Waals surface area contributed by atoms with Crippen LogP contribution < -0.4 is 11.1 Å². The Morgan fingerprint density at radius 2 is 2.00 bits per heavy atom. The second-order valence-electron chi connectivity index (χ2n) is 3.54. The lowest BCUT2D eigenvalue weighted by Gasteiger charge is -2.14. The number of nitrogens with one attached hydrogen (secondary N) is 2. The molecule has 4 N–H and O–H groups in total. The van der Waals surface area contributed by atoms with Crippen LogP contribution in [0.25, 0.3) is 0 Å². The van der Waals surface area contributed by atoms with Gasteiger partial charge in [-0.3, -0.25) is 0 Å². The lowest BCUT2D eigenvalue weighted by atomic mass is 10.1. The van der Waals surface area contributed by atoms with Gasteiger partial charge >= 0.3 is 0 Å². The Balaban J connectivity index is 0.00000106. The van der Waals surface area contributed by atoms with Gasteiger partial charge in [-0.15, -0.1) is 0 Å². The second kappa shape index (κ2) is 6.82. The van der Waals surface area contributed by atoms with Crippen molar-refractivity contribution in [3.63, 3.8) is 0 Å². The van der Waals surface area contributed by atoms with E-state index in [9.17, 15) is 0 Å². The molecule has 0 atom stereocenters. The highest BCUT2D eigenvalue weighted by Gasteiger charge is 2.09. The van der Waals surface area contributed by atoms with Crippen LogP contribution in [0.4, 0.5) is 11.5 Å². The number of anilines is 2. The maximum Gasteiger partial charge on any atom is 0.134 e. The molecule has 4 nitrogen and oxygen atoms in total. The summed E-state index contributed by atoms with van der Waals surface area (Å²) in [5.74, 6) is 0.406. The Morgan fingerprint density at radius 1 is 1.44 bits per heavy atom. The zero-order valence-corrected chi connectivity index (χ0v) is 10.8. The third kappa shape index (κ3) is 3.88. The summed E-state index contributed by atoms with van der Waals surface area (Å²) in [5, 5.41) is 10.8. The molecule has 0 aliphatic rings. The Morgan fingerprint density at radius 3 is 2.44 bits per heavy atom. The fourth-order valence-corrected chi connectivity index (χ4v) is 1.30. The smallest absolute Gasteiger partial charge is 0.134 e. The molecule has 0 radical (unpaired) electrons. The minimum Gasteiger partial charge on any atom is -0.383 e. The first-order chi connectivity index (χ1) is 7.52. The molecule has 1 aromatic heterocycles. The Labute approximate surface area is 97.8 Å². The van der Waals surface area contributed by atoms with E-state index in [1.165, 1.54) is 0 Å². The SMILES string of the molecule is CC.CC(=N)c1c(NC(C)C)ccnc1N. The molecule has 0 saturated carbocycles. The normalized spacial score (nSPS) is 9.38. The van der Waals surface area contributed by atoms with E-state index in [-0.39, 0.29) is 0 Å². The first-order valence-electron chi connectivity index (χ1n) is 5.59. The number of aromatic nitrogens is 1. The predicted octanol–water partition coefficient (Wildman–Crippen LogP) is 2.90. The number of pyridine rings is 1. The highest BCUT2D eigenvalue weighted by molar-refractivity contribution is 6.05. The van der Waals surface area contributed by atoms with Crippen LogP contribution in [0.15, 0.2) is 12.3 Å². The topological polar surface area (TPSA) is 74.8 Å². The molecule has 90 valence electrons. The van der Waals surface area contributed by atoms with E-state index in [0.29, 0.717) is 23.1 Å². The van der Waals surface area contributed by atoms with Crippen LogP contribution >= 0.6 is 0 Å². The van der Waals surface area contributed by atoms with Crippen molar-refractivity contribution in [3.8, 4) is 0 Å². The van der Waals surface area contributed by atoms with Crippen LogP contribution in [-0.4, -0.2) is 16.7 Å². The summed E-state index contributed by atoms with van der Waals surface area (Å²) in [6.45, 7) is 9.79. The van der Waals surface area contributed by atoms with Gasteiger partial charge in [0.15, 0.2) is 0 Å².